The summed E-state index contributed by atoms with van der Waals surface area (Å²) in [6, 6.07) is 9.90. The van der Waals surface area contributed by atoms with Crippen molar-refractivity contribution in [3.8, 4) is 16.9 Å². The average Bonchev–Trinajstić information content (AvgIpc) is 3.00. The second-order valence-corrected chi connectivity index (χ2v) is 5.21. The molecule has 0 saturated carbocycles. The first kappa shape index (κ1) is 15.0. The molecule has 108 valence electrons. The smallest absolute Gasteiger partial charge is 0.119 e. The van der Waals surface area contributed by atoms with Crippen LogP contribution in [0, 0.1) is 0 Å². The number of aliphatic hydroxyl groups excluding tert-OH is 2. The van der Waals surface area contributed by atoms with Crippen LogP contribution in [0.15, 0.2) is 41.1 Å². The molecule has 2 aromatic rings. The van der Waals surface area contributed by atoms with Gasteiger partial charge < -0.3 is 20.3 Å². The highest BCUT2D eigenvalue weighted by Gasteiger charge is 2.05. The van der Waals surface area contributed by atoms with Gasteiger partial charge in [0.05, 0.1) is 6.61 Å². The molecule has 0 saturated heterocycles. The second-order valence-electron chi connectivity index (χ2n) is 4.43. The number of hydrogen-bond donors (Lipinski definition) is 3. The molecule has 0 radical (unpaired) electrons. The number of hydrogen-bond acceptors (Lipinski definition) is 5. The van der Waals surface area contributed by atoms with Gasteiger partial charge in [0.25, 0.3) is 0 Å². The zero-order valence-electron chi connectivity index (χ0n) is 11.2. The number of ether oxygens (including phenoxy) is 1. The molecule has 1 aromatic carbocycles. The average molecular weight is 293 g/mol. The molecule has 0 bridgehead atoms. The number of nitrogens with one attached hydrogen (secondary N) is 1. The van der Waals surface area contributed by atoms with E-state index in [1.807, 2.05) is 24.3 Å². The van der Waals surface area contributed by atoms with Crippen molar-refractivity contribution in [3.63, 3.8) is 0 Å². The fraction of sp³-hybridized carbons (Fsp3) is 0.333. The minimum atomic E-state index is -0.585. The molecule has 4 nitrogen and oxygen atoms in total. The van der Waals surface area contributed by atoms with Crippen molar-refractivity contribution in [3.05, 3.63) is 41.1 Å². The van der Waals surface area contributed by atoms with Crippen molar-refractivity contribution in [2.45, 2.75) is 6.10 Å². The molecule has 3 N–H and O–H groups in total. The van der Waals surface area contributed by atoms with Crippen LogP contribution in [0.1, 0.15) is 0 Å². The molecule has 0 fully saturated rings. The number of rotatable bonds is 8. The van der Waals surface area contributed by atoms with Gasteiger partial charge in [0.2, 0.25) is 0 Å². The van der Waals surface area contributed by atoms with Crippen molar-refractivity contribution in [2.24, 2.45) is 0 Å². The Morgan fingerprint density at radius 1 is 1.15 bits per heavy atom. The van der Waals surface area contributed by atoms with Crippen LogP contribution in [0.25, 0.3) is 11.1 Å². The minimum absolute atomic E-state index is 0.0671. The first-order valence-corrected chi connectivity index (χ1v) is 7.49. The molecule has 2 rings (SSSR count). The Kier molecular flexibility index (Phi) is 6.01. The van der Waals surface area contributed by atoms with E-state index in [1.165, 1.54) is 5.56 Å². The molecule has 0 aliphatic rings. The van der Waals surface area contributed by atoms with Gasteiger partial charge in [-0.25, -0.2) is 0 Å². The normalized spacial score (nSPS) is 12.3. The van der Waals surface area contributed by atoms with E-state index in [0.29, 0.717) is 13.1 Å². The molecule has 1 aromatic heterocycles. The second kappa shape index (κ2) is 8.01. The lowest BCUT2D eigenvalue weighted by molar-refractivity contribution is 0.105. The Labute approximate surface area is 122 Å². The van der Waals surface area contributed by atoms with E-state index in [0.717, 1.165) is 11.3 Å². The first-order chi connectivity index (χ1) is 9.79. The maximum Gasteiger partial charge on any atom is 0.119 e. The SMILES string of the molecule is OCCNCC(O)COc1ccc(-c2ccsc2)cc1. The zero-order valence-corrected chi connectivity index (χ0v) is 12.0. The molecule has 5 heteroatoms. The molecule has 0 amide bonds. The third-order valence-electron chi connectivity index (χ3n) is 2.82. The molecule has 0 aliphatic carbocycles. The molecule has 1 unspecified atom stereocenters. The molecule has 1 heterocycles. The number of thiophene rings is 1. The van der Waals surface area contributed by atoms with Gasteiger partial charge in [-0.1, -0.05) is 12.1 Å². The summed E-state index contributed by atoms with van der Waals surface area (Å²) in [5, 5.41) is 25.4. The fourth-order valence-electron chi connectivity index (χ4n) is 1.77. The Hall–Kier alpha value is -1.40. The van der Waals surface area contributed by atoms with E-state index in [9.17, 15) is 5.11 Å². The van der Waals surface area contributed by atoms with Gasteiger partial charge in [-0.3, -0.25) is 0 Å². The van der Waals surface area contributed by atoms with Gasteiger partial charge >= 0.3 is 0 Å². The van der Waals surface area contributed by atoms with Crippen LogP contribution in [0.3, 0.4) is 0 Å². The molecule has 1 atom stereocenters. The van der Waals surface area contributed by atoms with E-state index in [2.05, 4.69) is 22.1 Å². The van der Waals surface area contributed by atoms with Crippen LogP contribution in [0.5, 0.6) is 5.75 Å². The highest BCUT2D eigenvalue weighted by atomic mass is 32.1. The van der Waals surface area contributed by atoms with E-state index in [1.54, 1.807) is 11.3 Å². The highest BCUT2D eigenvalue weighted by molar-refractivity contribution is 7.08. The molecular weight excluding hydrogens is 274 g/mol. The summed E-state index contributed by atoms with van der Waals surface area (Å²) >= 11 is 1.67. The maximum absolute atomic E-state index is 9.67. The summed E-state index contributed by atoms with van der Waals surface area (Å²) in [5.74, 6) is 0.741. The summed E-state index contributed by atoms with van der Waals surface area (Å²) in [7, 11) is 0. The van der Waals surface area contributed by atoms with Gasteiger partial charge in [-0.05, 0) is 40.1 Å². The molecule has 20 heavy (non-hydrogen) atoms. The largest absolute Gasteiger partial charge is 0.491 e. The molecule has 0 spiro atoms. The molecule has 0 aliphatic heterocycles. The van der Waals surface area contributed by atoms with Gasteiger partial charge in [0.1, 0.15) is 18.5 Å². The van der Waals surface area contributed by atoms with Gasteiger partial charge in [0.15, 0.2) is 0 Å². The van der Waals surface area contributed by atoms with Crippen molar-refractivity contribution >= 4 is 11.3 Å². The topological polar surface area (TPSA) is 61.7 Å². The molecular formula is C15H19NO3S. The van der Waals surface area contributed by atoms with Crippen LogP contribution in [0.4, 0.5) is 0 Å². The summed E-state index contributed by atoms with van der Waals surface area (Å²) in [4.78, 5) is 0. The quantitative estimate of drug-likeness (QED) is 0.649. The number of aliphatic hydroxyl groups is 2. The monoisotopic (exact) mass is 293 g/mol. The lowest BCUT2D eigenvalue weighted by Crippen LogP contribution is -2.32. The predicted molar refractivity (Wildman–Crippen MR) is 81.2 cm³/mol. The van der Waals surface area contributed by atoms with E-state index < -0.39 is 6.10 Å². The van der Waals surface area contributed by atoms with Crippen LogP contribution in [-0.4, -0.2) is 42.6 Å². The van der Waals surface area contributed by atoms with Gasteiger partial charge in [0, 0.05) is 13.1 Å². The Balaban J connectivity index is 1.79. The lowest BCUT2D eigenvalue weighted by atomic mass is 10.1. The summed E-state index contributed by atoms with van der Waals surface area (Å²) < 4.78 is 5.52. The zero-order chi connectivity index (χ0) is 14.2. The third kappa shape index (κ3) is 4.61. The van der Waals surface area contributed by atoms with Crippen molar-refractivity contribution in [2.75, 3.05) is 26.3 Å². The standard InChI is InChI=1S/C15H19NO3S/c17-7-6-16-9-14(18)10-19-15-3-1-12(2-4-15)13-5-8-20-11-13/h1-5,8,11,14,16-18H,6-7,9-10H2. The summed E-state index contributed by atoms with van der Waals surface area (Å²) in [6.07, 6.45) is -0.585. The summed E-state index contributed by atoms with van der Waals surface area (Å²) in [5.41, 5.74) is 2.36. The van der Waals surface area contributed by atoms with E-state index in [-0.39, 0.29) is 13.2 Å². The van der Waals surface area contributed by atoms with Crippen LogP contribution in [0.2, 0.25) is 0 Å². The van der Waals surface area contributed by atoms with Gasteiger partial charge in [-0.2, -0.15) is 11.3 Å². The Bertz CT molecular complexity index is 484. The minimum Gasteiger partial charge on any atom is -0.491 e. The third-order valence-corrected chi connectivity index (χ3v) is 3.50. The predicted octanol–water partition coefficient (Wildman–Crippen LogP) is 1.74. The fourth-order valence-corrected chi connectivity index (χ4v) is 2.44. The Morgan fingerprint density at radius 3 is 2.60 bits per heavy atom. The van der Waals surface area contributed by atoms with Crippen molar-refractivity contribution in [1.29, 1.82) is 0 Å². The van der Waals surface area contributed by atoms with Gasteiger partial charge in [-0.15, -0.1) is 0 Å². The summed E-state index contributed by atoms with van der Waals surface area (Å²) in [6.45, 7) is 1.19. The van der Waals surface area contributed by atoms with Crippen LogP contribution < -0.4 is 10.1 Å². The van der Waals surface area contributed by atoms with Crippen molar-refractivity contribution < 1.29 is 14.9 Å². The van der Waals surface area contributed by atoms with Crippen molar-refractivity contribution in [1.82, 2.24) is 5.32 Å². The first-order valence-electron chi connectivity index (χ1n) is 6.54. The number of benzene rings is 1. The highest BCUT2D eigenvalue weighted by Crippen LogP contribution is 2.24. The van der Waals surface area contributed by atoms with E-state index in [4.69, 9.17) is 9.84 Å². The van der Waals surface area contributed by atoms with Crippen LogP contribution >= 0.6 is 11.3 Å². The maximum atomic E-state index is 9.67. The van der Waals surface area contributed by atoms with E-state index >= 15 is 0 Å². The Morgan fingerprint density at radius 2 is 1.95 bits per heavy atom. The van der Waals surface area contributed by atoms with Crippen LogP contribution in [-0.2, 0) is 0 Å². The lowest BCUT2D eigenvalue weighted by Gasteiger charge is -2.13.